The van der Waals surface area contributed by atoms with E-state index in [2.05, 4.69) is 23.8 Å². The highest BCUT2D eigenvalue weighted by Gasteiger charge is 2.46. The van der Waals surface area contributed by atoms with E-state index in [4.69, 9.17) is 4.74 Å². The molecule has 0 amide bonds. The van der Waals surface area contributed by atoms with Gasteiger partial charge in [-0.25, -0.2) is 13.1 Å². The third-order valence-corrected chi connectivity index (χ3v) is 7.20. The van der Waals surface area contributed by atoms with Crippen molar-refractivity contribution < 1.29 is 13.2 Å². The fraction of sp³-hybridized carbons (Fsp3) is 0.429. The topological polar surface area (TPSA) is 55.4 Å². The lowest BCUT2D eigenvalue weighted by molar-refractivity contribution is 0.309. The maximum Gasteiger partial charge on any atom is 0.241 e. The van der Waals surface area contributed by atoms with Gasteiger partial charge in [0.2, 0.25) is 10.0 Å². The maximum atomic E-state index is 12.6. The van der Waals surface area contributed by atoms with Crippen LogP contribution in [0.25, 0.3) is 0 Å². The Morgan fingerprint density at radius 3 is 2.65 bits per heavy atom. The van der Waals surface area contributed by atoms with Crippen molar-refractivity contribution in [3.05, 3.63) is 59.2 Å². The van der Waals surface area contributed by atoms with E-state index >= 15 is 0 Å². The molecule has 0 radical (unpaired) electrons. The van der Waals surface area contributed by atoms with Crippen LogP contribution in [0.2, 0.25) is 0 Å². The van der Waals surface area contributed by atoms with Crippen LogP contribution in [0.3, 0.4) is 0 Å². The summed E-state index contributed by atoms with van der Waals surface area (Å²) >= 11 is 0. The van der Waals surface area contributed by atoms with E-state index in [9.17, 15) is 8.42 Å². The highest BCUT2D eigenvalue weighted by molar-refractivity contribution is 7.89. The predicted molar refractivity (Wildman–Crippen MR) is 102 cm³/mol. The van der Waals surface area contributed by atoms with Crippen molar-refractivity contribution in [2.24, 2.45) is 0 Å². The Bertz CT molecular complexity index is 923. The van der Waals surface area contributed by atoms with Crippen LogP contribution in [0, 0.1) is 0 Å². The monoisotopic (exact) mass is 371 g/mol. The molecule has 1 heterocycles. The van der Waals surface area contributed by atoms with Crippen molar-refractivity contribution >= 4 is 10.0 Å². The minimum atomic E-state index is -3.41. The van der Waals surface area contributed by atoms with Gasteiger partial charge in [-0.15, -0.1) is 0 Å². The summed E-state index contributed by atoms with van der Waals surface area (Å²) in [6, 6.07) is 13.7. The SMILES string of the molecule is CCCCOc1ccc2c(c1)CC[C@@]1(CC2)NS(=O)(=O)c2ccccc21. The van der Waals surface area contributed by atoms with E-state index in [0.717, 1.165) is 56.4 Å². The first-order valence-electron chi connectivity index (χ1n) is 9.42. The second kappa shape index (κ2) is 6.71. The molecule has 0 bridgehead atoms. The average Bonchev–Trinajstić information content (AvgIpc) is 2.75. The Morgan fingerprint density at radius 2 is 1.85 bits per heavy atom. The smallest absolute Gasteiger partial charge is 0.241 e. The first-order valence-corrected chi connectivity index (χ1v) is 10.9. The molecule has 5 heteroatoms. The lowest BCUT2D eigenvalue weighted by Crippen LogP contribution is -2.39. The molecule has 0 unspecified atom stereocenters. The Morgan fingerprint density at radius 1 is 1.08 bits per heavy atom. The molecule has 2 aliphatic rings. The third-order valence-electron chi connectivity index (χ3n) is 5.61. The van der Waals surface area contributed by atoms with Crippen LogP contribution < -0.4 is 9.46 Å². The van der Waals surface area contributed by atoms with Crippen LogP contribution in [0.4, 0.5) is 0 Å². The number of fused-ring (bicyclic) bond motifs is 3. The van der Waals surface area contributed by atoms with Gasteiger partial charge in [-0.05, 0) is 67.0 Å². The molecule has 138 valence electrons. The fourth-order valence-electron chi connectivity index (χ4n) is 4.16. The molecule has 2 aromatic carbocycles. The number of sulfonamides is 1. The Labute approximate surface area is 155 Å². The number of hydrogen-bond donors (Lipinski definition) is 1. The summed E-state index contributed by atoms with van der Waals surface area (Å²) in [6.45, 7) is 2.90. The van der Waals surface area contributed by atoms with Crippen LogP contribution in [0.1, 0.15) is 49.3 Å². The molecule has 4 rings (SSSR count). The number of hydrogen-bond acceptors (Lipinski definition) is 3. The Balaban J connectivity index is 1.61. The molecule has 0 fully saturated rings. The highest BCUT2D eigenvalue weighted by atomic mass is 32.2. The van der Waals surface area contributed by atoms with E-state index in [1.165, 1.54) is 11.1 Å². The average molecular weight is 372 g/mol. The molecule has 4 nitrogen and oxygen atoms in total. The summed E-state index contributed by atoms with van der Waals surface area (Å²) in [5.41, 5.74) is 3.01. The summed E-state index contributed by atoms with van der Waals surface area (Å²) in [4.78, 5) is 0.439. The first-order chi connectivity index (χ1) is 12.5. The number of ether oxygens (including phenoxy) is 1. The van der Waals surface area contributed by atoms with E-state index < -0.39 is 15.6 Å². The summed E-state index contributed by atoms with van der Waals surface area (Å²) in [6.07, 6.45) is 5.44. The largest absolute Gasteiger partial charge is 0.494 e. The molecule has 1 spiro atoms. The zero-order valence-electron chi connectivity index (χ0n) is 15.1. The van der Waals surface area contributed by atoms with Gasteiger partial charge < -0.3 is 4.74 Å². The van der Waals surface area contributed by atoms with Gasteiger partial charge >= 0.3 is 0 Å². The van der Waals surface area contributed by atoms with Crippen molar-refractivity contribution in [1.82, 2.24) is 4.72 Å². The predicted octanol–water partition coefficient (Wildman–Crippen LogP) is 3.93. The molecular formula is C21H25NO3S. The van der Waals surface area contributed by atoms with Gasteiger partial charge in [0.1, 0.15) is 5.75 Å². The molecule has 1 atom stereocenters. The van der Waals surface area contributed by atoms with Crippen molar-refractivity contribution in [3.63, 3.8) is 0 Å². The number of nitrogens with one attached hydrogen (secondary N) is 1. The van der Waals surface area contributed by atoms with Crippen LogP contribution in [-0.4, -0.2) is 15.0 Å². The van der Waals surface area contributed by atoms with Gasteiger partial charge in [0, 0.05) is 0 Å². The van der Waals surface area contributed by atoms with E-state index in [0.29, 0.717) is 4.90 Å². The van der Waals surface area contributed by atoms with Crippen molar-refractivity contribution in [3.8, 4) is 5.75 Å². The summed E-state index contributed by atoms with van der Waals surface area (Å²) in [5.74, 6) is 0.917. The molecular weight excluding hydrogens is 346 g/mol. The normalized spacial score (nSPS) is 23.3. The third kappa shape index (κ3) is 3.03. The minimum absolute atomic E-state index is 0.439. The molecule has 0 saturated carbocycles. The number of benzene rings is 2. The maximum absolute atomic E-state index is 12.6. The van der Waals surface area contributed by atoms with Crippen molar-refractivity contribution in [2.75, 3.05) is 6.61 Å². The second-order valence-electron chi connectivity index (χ2n) is 7.32. The number of aryl methyl sites for hydroxylation is 2. The Hall–Kier alpha value is -1.85. The van der Waals surface area contributed by atoms with Crippen molar-refractivity contribution in [2.45, 2.75) is 55.9 Å². The molecule has 0 saturated heterocycles. The van der Waals surface area contributed by atoms with Gasteiger partial charge in [0.25, 0.3) is 0 Å². The van der Waals surface area contributed by atoms with Crippen LogP contribution in [0.15, 0.2) is 47.4 Å². The molecule has 1 aliphatic carbocycles. The van der Waals surface area contributed by atoms with E-state index in [1.54, 1.807) is 12.1 Å². The Kier molecular flexibility index (Phi) is 4.53. The zero-order valence-corrected chi connectivity index (χ0v) is 15.9. The van der Waals surface area contributed by atoms with Gasteiger partial charge in [-0.2, -0.15) is 0 Å². The quantitative estimate of drug-likeness (QED) is 0.829. The molecule has 2 aromatic rings. The summed E-state index contributed by atoms with van der Waals surface area (Å²) in [5, 5.41) is 0. The zero-order chi connectivity index (χ0) is 18.2. The lowest BCUT2D eigenvalue weighted by atomic mass is 9.83. The van der Waals surface area contributed by atoms with Crippen LogP contribution in [-0.2, 0) is 28.4 Å². The standard InChI is InChI=1S/C21H25NO3S/c1-2-3-14-25-18-9-8-16-10-12-21(13-11-17(16)15-18)19-6-4-5-7-20(19)26(23,24)22-21/h4-9,15,22H,2-3,10-14H2,1H3/t21-/m1/s1. The molecule has 0 aromatic heterocycles. The van der Waals surface area contributed by atoms with Crippen LogP contribution in [0.5, 0.6) is 5.75 Å². The van der Waals surface area contributed by atoms with Crippen LogP contribution >= 0.6 is 0 Å². The minimum Gasteiger partial charge on any atom is -0.494 e. The fourth-order valence-corrected chi connectivity index (χ4v) is 5.91. The van der Waals surface area contributed by atoms with Gasteiger partial charge in [-0.1, -0.05) is 37.6 Å². The van der Waals surface area contributed by atoms with Crippen molar-refractivity contribution in [1.29, 1.82) is 0 Å². The first kappa shape index (κ1) is 17.6. The molecule has 26 heavy (non-hydrogen) atoms. The number of unbranched alkanes of at least 4 members (excludes halogenated alkanes) is 1. The molecule has 1 N–H and O–H groups in total. The van der Waals surface area contributed by atoms with Gasteiger partial charge in [0.05, 0.1) is 17.0 Å². The van der Waals surface area contributed by atoms with Gasteiger partial charge in [-0.3, -0.25) is 0 Å². The van der Waals surface area contributed by atoms with Gasteiger partial charge in [0.15, 0.2) is 0 Å². The van der Waals surface area contributed by atoms with E-state index in [-0.39, 0.29) is 0 Å². The summed E-state index contributed by atoms with van der Waals surface area (Å²) in [7, 11) is -3.41. The highest BCUT2D eigenvalue weighted by Crippen LogP contribution is 2.44. The summed E-state index contributed by atoms with van der Waals surface area (Å²) < 4.78 is 34.0. The number of rotatable bonds is 4. The van der Waals surface area contributed by atoms with E-state index in [1.807, 2.05) is 18.2 Å². The second-order valence-corrected chi connectivity index (χ2v) is 8.97. The molecule has 1 aliphatic heterocycles. The lowest BCUT2D eigenvalue weighted by Gasteiger charge is -2.27.